The normalized spacial score (nSPS) is 17.2. The summed E-state index contributed by atoms with van der Waals surface area (Å²) in [5.41, 5.74) is 3.13. The molecule has 0 saturated heterocycles. The molecule has 0 aliphatic heterocycles. The first kappa shape index (κ1) is 26.5. The Kier molecular flexibility index (Phi) is 7.97. The van der Waals surface area contributed by atoms with Gasteiger partial charge in [0.15, 0.2) is 17.0 Å². The van der Waals surface area contributed by atoms with E-state index in [1.807, 2.05) is 41.1 Å². The number of methoxy groups -OCH3 is 4. The van der Waals surface area contributed by atoms with Crippen molar-refractivity contribution in [1.29, 1.82) is 0 Å². The Bertz CT molecular complexity index is 1370. The van der Waals surface area contributed by atoms with E-state index in [2.05, 4.69) is 25.2 Å². The van der Waals surface area contributed by atoms with Crippen LogP contribution in [0.25, 0.3) is 11.2 Å². The summed E-state index contributed by atoms with van der Waals surface area (Å²) >= 11 is 0. The van der Waals surface area contributed by atoms with Gasteiger partial charge in [0.05, 0.1) is 40.6 Å². The smallest absolute Gasteiger partial charge is 0.184 e. The number of anilines is 1. The van der Waals surface area contributed by atoms with Crippen LogP contribution in [0.15, 0.2) is 42.7 Å². The van der Waals surface area contributed by atoms with Gasteiger partial charge in [0, 0.05) is 36.3 Å². The van der Waals surface area contributed by atoms with Crippen molar-refractivity contribution < 1.29 is 24.1 Å². The van der Waals surface area contributed by atoms with Crippen molar-refractivity contribution in [2.24, 2.45) is 0 Å². The molecule has 1 aliphatic rings. The third-order valence-corrected chi connectivity index (χ3v) is 7.22. The maximum Gasteiger partial charge on any atom is 0.184 e. The molecule has 0 amide bonds. The molecule has 0 bridgehead atoms. The van der Waals surface area contributed by atoms with Crippen molar-refractivity contribution in [2.75, 3.05) is 33.3 Å². The summed E-state index contributed by atoms with van der Waals surface area (Å²) in [4.78, 5) is 11.3. The Balaban J connectivity index is 1.58. The Labute approximate surface area is 227 Å². The molecule has 1 N–H and O–H groups in total. The zero-order valence-corrected chi connectivity index (χ0v) is 22.7. The quantitative estimate of drug-likeness (QED) is 0.321. The van der Waals surface area contributed by atoms with E-state index in [1.165, 1.54) is 0 Å². The van der Waals surface area contributed by atoms with E-state index >= 15 is 0 Å². The Morgan fingerprint density at radius 2 is 1.51 bits per heavy atom. The number of nitrogens with zero attached hydrogens (tertiary/aromatic N) is 6. The molecule has 4 aromatic rings. The monoisotopic (exact) mass is 534 g/mol. The fraction of sp³-hybridized carbons (Fsp3) is 0.429. The lowest BCUT2D eigenvalue weighted by Crippen LogP contribution is -2.25. The summed E-state index contributed by atoms with van der Waals surface area (Å²) in [6, 6.07) is 11.5. The minimum atomic E-state index is -0.342. The van der Waals surface area contributed by atoms with Crippen LogP contribution in [0, 0.1) is 0 Å². The Morgan fingerprint density at radius 3 is 2.08 bits per heavy atom. The number of aromatic nitrogens is 5. The van der Waals surface area contributed by atoms with E-state index in [-0.39, 0.29) is 12.1 Å². The van der Waals surface area contributed by atoms with Crippen LogP contribution < -0.4 is 23.8 Å². The highest BCUT2D eigenvalue weighted by atomic mass is 16.5. The second-order valence-electron chi connectivity index (χ2n) is 9.59. The first-order chi connectivity index (χ1) is 19.0. The molecule has 2 aromatic carbocycles. The standard InChI is InChI=1S/C28H34N6O5/c1-36-22-10-8-18(24(13-22)38-3)15-33(16-19-9-11-23(37-2)14-25(19)39-4)27-26-28(30-17-29-27)34(32-31-26)20-6-5-7-21(35)12-20/h8-11,13-14,17,20-21,35H,5-7,12,15-16H2,1-4H3/t20-,21+/m1/s1. The van der Waals surface area contributed by atoms with E-state index in [1.54, 1.807) is 34.8 Å². The molecule has 39 heavy (non-hydrogen) atoms. The topological polar surface area (TPSA) is 117 Å². The Hall–Kier alpha value is -4.12. The summed E-state index contributed by atoms with van der Waals surface area (Å²) in [5.74, 6) is 3.46. The third kappa shape index (κ3) is 5.53. The highest BCUT2D eigenvalue weighted by Gasteiger charge is 2.27. The molecule has 11 heteroatoms. The lowest BCUT2D eigenvalue weighted by atomic mass is 9.93. The SMILES string of the molecule is COc1ccc(CN(Cc2ccc(OC)cc2OC)c2ncnc3c2nnn3[C@@H]2CCC[C@H](O)C2)c(OC)c1. The van der Waals surface area contributed by atoms with Gasteiger partial charge in [-0.3, -0.25) is 0 Å². The molecule has 1 aliphatic carbocycles. The molecule has 206 valence electrons. The minimum Gasteiger partial charge on any atom is -0.497 e. The zero-order valence-electron chi connectivity index (χ0n) is 22.7. The van der Waals surface area contributed by atoms with Crippen molar-refractivity contribution in [3.8, 4) is 23.0 Å². The average molecular weight is 535 g/mol. The van der Waals surface area contributed by atoms with Crippen molar-refractivity contribution in [2.45, 2.75) is 50.9 Å². The molecule has 0 unspecified atom stereocenters. The highest BCUT2D eigenvalue weighted by Crippen LogP contribution is 2.34. The summed E-state index contributed by atoms with van der Waals surface area (Å²) in [5, 5.41) is 19.2. The van der Waals surface area contributed by atoms with Gasteiger partial charge in [-0.05, 0) is 49.9 Å². The highest BCUT2D eigenvalue weighted by molar-refractivity contribution is 5.82. The molecule has 2 aromatic heterocycles. The van der Waals surface area contributed by atoms with E-state index < -0.39 is 0 Å². The number of benzene rings is 2. The van der Waals surface area contributed by atoms with Crippen molar-refractivity contribution in [3.63, 3.8) is 0 Å². The molecule has 1 saturated carbocycles. The van der Waals surface area contributed by atoms with E-state index in [9.17, 15) is 5.11 Å². The maximum atomic E-state index is 10.3. The second kappa shape index (κ2) is 11.7. The van der Waals surface area contributed by atoms with Gasteiger partial charge in [-0.15, -0.1) is 5.10 Å². The van der Waals surface area contributed by atoms with E-state index in [0.29, 0.717) is 59.5 Å². The Morgan fingerprint density at radius 1 is 0.872 bits per heavy atom. The van der Waals surface area contributed by atoms with Gasteiger partial charge >= 0.3 is 0 Å². The van der Waals surface area contributed by atoms with Crippen LogP contribution in [0.3, 0.4) is 0 Å². The number of fused-ring (bicyclic) bond motifs is 1. The maximum absolute atomic E-state index is 10.3. The summed E-state index contributed by atoms with van der Waals surface area (Å²) in [6.45, 7) is 0.924. The number of aliphatic hydroxyl groups is 1. The van der Waals surface area contributed by atoms with Crippen LogP contribution in [0.4, 0.5) is 5.82 Å². The van der Waals surface area contributed by atoms with Crippen LogP contribution in [0.2, 0.25) is 0 Å². The number of ether oxygens (including phenoxy) is 4. The van der Waals surface area contributed by atoms with Gasteiger partial charge in [0.2, 0.25) is 0 Å². The van der Waals surface area contributed by atoms with Gasteiger partial charge in [-0.2, -0.15) is 0 Å². The predicted molar refractivity (Wildman–Crippen MR) is 146 cm³/mol. The lowest BCUT2D eigenvalue weighted by Gasteiger charge is -2.27. The van der Waals surface area contributed by atoms with Crippen molar-refractivity contribution in [1.82, 2.24) is 25.0 Å². The zero-order chi connectivity index (χ0) is 27.4. The molecule has 5 rings (SSSR count). The fourth-order valence-corrected chi connectivity index (χ4v) is 5.17. The van der Waals surface area contributed by atoms with Gasteiger partial charge in [0.25, 0.3) is 0 Å². The van der Waals surface area contributed by atoms with Gasteiger partial charge < -0.3 is 29.0 Å². The first-order valence-electron chi connectivity index (χ1n) is 12.9. The number of hydrogen-bond donors (Lipinski definition) is 1. The molecule has 11 nitrogen and oxygen atoms in total. The molecular formula is C28H34N6O5. The number of hydrogen-bond acceptors (Lipinski definition) is 10. The predicted octanol–water partition coefficient (Wildman–Crippen LogP) is 3.94. The van der Waals surface area contributed by atoms with E-state index in [0.717, 1.165) is 30.4 Å². The van der Waals surface area contributed by atoms with Gasteiger partial charge in [0.1, 0.15) is 29.3 Å². The lowest BCUT2D eigenvalue weighted by molar-refractivity contribution is 0.101. The molecule has 2 heterocycles. The third-order valence-electron chi connectivity index (χ3n) is 7.22. The minimum absolute atomic E-state index is 0.0401. The van der Waals surface area contributed by atoms with Crippen LogP contribution in [0.5, 0.6) is 23.0 Å². The molecule has 1 fully saturated rings. The van der Waals surface area contributed by atoms with Crippen LogP contribution in [-0.2, 0) is 13.1 Å². The largest absolute Gasteiger partial charge is 0.497 e. The van der Waals surface area contributed by atoms with Crippen LogP contribution >= 0.6 is 0 Å². The molecular weight excluding hydrogens is 500 g/mol. The van der Waals surface area contributed by atoms with Gasteiger partial charge in [-0.25, -0.2) is 14.6 Å². The molecule has 0 radical (unpaired) electrons. The summed E-state index contributed by atoms with van der Waals surface area (Å²) in [6.07, 6.45) is 4.50. The van der Waals surface area contributed by atoms with Crippen LogP contribution in [-0.4, -0.2) is 64.6 Å². The number of rotatable bonds is 10. The molecule has 2 atom stereocenters. The average Bonchev–Trinajstić information content (AvgIpc) is 3.41. The van der Waals surface area contributed by atoms with Crippen molar-refractivity contribution >= 4 is 17.0 Å². The van der Waals surface area contributed by atoms with E-state index in [4.69, 9.17) is 18.9 Å². The molecule has 0 spiro atoms. The van der Waals surface area contributed by atoms with Crippen LogP contribution in [0.1, 0.15) is 42.9 Å². The first-order valence-corrected chi connectivity index (χ1v) is 12.9. The fourth-order valence-electron chi connectivity index (χ4n) is 5.17. The van der Waals surface area contributed by atoms with Gasteiger partial charge in [-0.1, -0.05) is 5.21 Å². The summed E-state index contributed by atoms with van der Waals surface area (Å²) < 4.78 is 24.0. The second-order valence-corrected chi connectivity index (χ2v) is 9.59. The van der Waals surface area contributed by atoms with Crippen molar-refractivity contribution in [3.05, 3.63) is 53.9 Å². The number of aliphatic hydroxyl groups excluding tert-OH is 1. The summed E-state index contributed by atoms with van der Waals surface area (Å²) in [7, 11) is 6.54.